The van der Waals surface area contributed by atoms with Crippen LogP contribution < -0.4 is 0 Å². The standard InChI is InChI=1S/C20H24O3S/c21-19(18-11-6-14-24-18)16-9-4-5-10-17(16)20(22)23-13-12-15-7-2-1-3-8-15/h1-2,6-7,11,14,16-17H,3-5,8-10,12-13H2/t16-,17+/m1/s1. The largest absolute Gasteiger partial charge is 0.465 e. The lowest BCUT2D eigenvalue weighted by molar-refractivity contribution is -0.151. The Hall–Kier alpha value is -1.68. The highest BCUT2D eigenvalue weighted by atomic mass is 32.1. The van der Waals surface area contributed by atoms with E-state index < -0.39 is 0 Å². The Morgan fingerprint density at radius 1 is 1.21 bits per heavy atom. The molecule has 0 unspecified atom stereocenters. The first kappa shape index (κ1) is 17.2. The summed E-state index contributed by atoms with van der Waals surface area (Å²) in [6.07, 6.45) is 12.8. The summed E-state index contributed by atoms with van der Waals surface area (Å²) in [5, 5.41) is 1.91. The van der Waals surface area contributed by atoms with E-state index in [4.69, 9.17) is 4.74 Å². The third-order valence-corrected chi connectivity index (χ3v) is 5.82. The third-order valence-electron chi connectivity index (χ3n) is 4.94. The summed E-state index contributed by atoms with van der Waals surface area (Å²) < 4.78 is 5.53. The van der Waals surface area contributed by atoms with Crippen LogP contribution in [-0.4, -0.2) is 18.4 Å². The molecule has 4 heteroatoms. The van der Waals surface area contributed by atoms with Crippen LogP contribution in [0.15, 0.2) is 41.3 Å². The van der Waals surface area contributed by atoms with Crippen molar-refractivity contribution >= 4 is 23.1 Å². The molecule has 0 radical (unpaired) electrons. The van der Waals surface area contributed by atoms with Crippen LogP contribution >= 0.6 is 11.3 Å². The van der Waals surface area contributed by atoms with E-state index in [1.807, 2.05) is 17.5 Å². The molecule has 0 amide bonds. The van der Waals surface area contributed by atoms with Gasteiger partial charge in [-0.05, 0) is 37.1 Å². The number of Topliss-reactive ketones (excluding diaryl/α,β-unsaturated/α-hetero) is 1. The first-order chi connectivity index (χ1) is 11.8. The number of carbonyl (C=O) groups excluding carboxylic acids is 2. The average Bonchev–Trinajstić information content (AvgIpc) is 3.16. The monoisotopic (exact) mass is 344 g/mol. The van der Waals surface area contributed by atoms with Gasteiger partial charge in [0.25, 0.3) is 0 Å². The number of hydrogen-bond acceptors (Lipinski definition) is 4. The minimum Gasteiger partial charge on any atom is -0.465 e. The van der Waals surface area contributed by atoms with Crippen LogP contribution in [0.2, 0.25) is 0 Å². The average molecular weight is 344 g/mol. The van der Waals surface area contributed by atoms with Crippen LogP contribution in [-0.2, 0) is 9.53 Å². The van der Waals surface area contributed by atoms with Crippen LogP contribution in [0.1, 0.15) is 54.6 Å². The van der Waals surface area contributed by atoms with E-state index in [1.54, 1.807) is 0 Å². The third kappa shape index (κ3) is 4.23. The first-order valence-electron chi connectivity index (χ1n) is 8.84. The highest BCUT2D eigenvalue weighted by molar-refractivity contribution is 7.12. The predicted molar refractivity (Wildman–Crippen MR) is 96.1 cm³/mol. The summed E-state index contributed by atoms with van der Waals surface area (Å²) >= 11 is 1.46. The lowest BCUT2D eigenvalue weighted by atomic mass is 9.76. The van der Waals surface area contributed by atoms with E-state index in [-0.39, 0.29) is 23.6 Å². The van der Waals surface area contributed by atoms with Crippen molar-refractivity contribution in [2.45, 2.75) is 44.9 Å². The van der Waals surface area contributed by atoms with Gasteiger partial charge in [0, 0.05) is 12.3 Å². The highest BCUT2D eigenvalue weighted by Crippen LogP contribution is 2.34. The van der Waals surface area contributed by atoms with Gasteiger partial charge in [0.1, 0.15) is 0 Å². The van der Waals surface area contributed by atoms with Gasteiger partial charge in [-0.1, -0.05) is 42.7 Å². The molecule has 1 heterocycles. The Morgan fingerprint density at radius 2 is 2.04 bits per heavy atom. The molecule has 1 aromatic heterocycles. The number of esters is 1. The second-order valence-corrected chi connectivity index (χ2v) is 7.50. The van der Waals surface area contributed by atoms with Crippen molar-refractivity contribution in [3.63, 3.8) is 0 Å². The topological polar surface area (TPSA) is 43.4 Å². The van der Waals surface area contributed by atoms with Crippen molar-refractivity contribution in [2.75, 3.05) is 6.61 Å². The van der Waals surface area contributed by atoms with Crippen molar-refractivity contribution in [2.24, 2.45) is 11.8 Å². The zero-order chi connectivity index (χ0) is 16.8. The number of hydrogen-bond donors (Lipinski definition) is 0. The van der Waals surface area contributed by atoms with Crippen LogP contribution in [0.25, 0.3) is 0 Å². The molecule has 0 aromatic carbocycles. The fourth-order valence-electron chi connectivity index (χ4n) is 3.58. The van der Waals surface area contributed by atoms with Crippen LogP contribution in [0.4, 0.5) is 0 Å². The number of thiophene rings is 1. The van der Waals surface area contributed by atoms with Gasteiger partial charge in [-0.15, -0.1) is 11.3 Å². The fourth-order valence-corrected chi connectivity index (χ4v) is 4.31. The molecular weight excluding hydrogens is 320 g/mol. The molecule has 2 atom stereocenters. The van der Waals surface area contributed by atoms with Crippen LogP contribution in [0, 0.1) is 11.8 Å². The Bertz CT molecular complexity index is 627. The van der Waals surface area contributed by atoms with Gasteiger partial charge in [0.15, 0.2) is 5.78 Å². The van der Waals surface area contributed by atoms with Gasteiger partial charge in [-0.3, -0.25) is 9.59 Å². The molecular formula is C20H24O3S. The number of rotatable bonds is 6. The Labute approximate surface area is 147 Å². The van der Waals surface area contributed by atoms with Crippen molar-refractivity contribution in [1.29, 1.82) is 0 Å². The van der Waals surface area contributed by atoms with Crippen molar-refractivity contribution in [3.8, 4) is 0 Å². The lowest BCUT2D eigenvalue weighted by Crippen LogP contribution is -2.34. The Kier molecular flexibility index (Phi) is 6.02. The van der Waals surface area contributed by atoms with Gasteiger partial charge in [0.2, 0.25) is 0 Å². The normalized spacial score (nSPS) is 23.6. The van der Waals surface area contributed by atoms with Gasteiger partial charge in [-0.2, -0.15) is 0 Å². The molecule has 1 fully saturated rings. The summed E-state index contributed by atoms with van der Waals surface area (Å²) in [4.78, 5) is 26.0. The number of allylic oxidation sites excluding steroid dienone is 3. The van der Waals surface area contributed by atoms with Gasteiger partial charge < -0.3 is 4.74 Å². The second kappa shape index (κ2) is 8.43. The summed E-state index contributed by atoms with van der Waals surface area (Å²) in [6.45, 7) is 0.426. The highest BCUT2D eigenvalue weighted by Gasteiger charge is 2.37. The maximum absolute atomic E-state index is 12.7. The fraction of sp³-hybridized carbons (Fsp3) is 0.500. The van der Waals surface area contributed by atoms with Gasteiger partial charge in [0.05, 0.1) is 17.4 Å². The van der Waals surface area contributed by atoms with Crippen LogP contribution in [0.3, 0.4) is 0 Å². The van der Waals surface area contributed by atoms with Crippen LogP contribution in [0.5, 0.6) is 0 Å². The predicted octanol–water partition coefficient (Wildman–Crippen LogP) is 4.95. The van der Waals surface area contributed by atoms with Gasteiger partial charge in [-0.25, -0.2) is 0 Å². The molecule has 1 aromatic rings. The van der Waals surface area contributed by atoms with Gasteiger partial charge >= 0.3 is 5.97 Å². The molecule has 0 N–H and O–H groups in total. The number of ketones is 1. The molecule has 0 aliphatic heterocycles. The molecule has 2 aliphatic rings. The maximum Gasteiger partial charge on any atom is 0.309 e. The summed E-state index contributed by atoms with van der Waals surface area (Å²) in [6, 6.07) is 3.74. The Balaban J connectivity index is 1.56. The molecule has 1 saturated carbocycles. The molecule has 0 spiro atoms. The molecule has 2 aliphatic carbocycles. The van der Waals surface area contributed by atoms with Crippen molar-refractivity contribution in [3.05, 3.63) is 46.2 Å². The smallest absolute Gasteiger partial charge is 0.309 e. The zero-order valence-electron chi connectivity index (χ0n) is 13.9. The molecule has 24 heavy (non-hydrogen) atoms. The van der Waals surface area contributed by atoms with E-state index in [9.17, 15) is 9.59 Å². The maximum atomic E-state index is 12.7. The molecule has 128 valence electrons. The van der Waals surface area contributed by atoms with E-state index >= 15 is 0 Å². The minimum absolute atomic E-state index is 0.117. The molecule has 0 saturated heterocycles. The minimum atomic E-state index is -0.270. The number of carbonyl (C=O) groups is 2. The molecule has 3 nitrogen and oxygen atoms in total. The van der Waals surface area contributed by atoms with E-state index in [2.05, 4.69) is 18.2 Å². The van der Waals surface area contributed by atoms with Crippen molar-refractivity contribution in [1.82, 2.24) is 0 Å². The zero-order valence-corrected chi connectivity index (χ0v) is 14.7. The summed E-state index contributed by atoms with van der Waals surface area (Å²) in [7, 11) is 0. The summed E-state index contributed by atoms with van der Waals surface area (Å²) in [5.41, 5.74) is 1.33. The van der Waals surface area contributed by atoms with E-state index in [0.29, 0.717) is 6.61 Å². The quantitative estimate of drug-likeness (QED) is 0.542. The lowest BCUT2D eigenvalue weighted by Gasteiger charge is -2.28. The molecule has 3 rings (SSSR count). The van der Waals surface area contributed by atoms with E-state index in [1.165, 1.54) is 16.9 Å². The van der Waals surface area contributed by atoms with E-state index in [0.717, 1.165) is 49.8 Å². The number of ether oxygens (including phenoxy) is 1. The van der Waals surface area contributed by atoms with Crippen molar-refractivity contribution < 1.29 is 14.3 Å². The second-order valence-electron chi connectivity index (χ2n) is 6.55. The Morgan fingerprint density at radius 3 is 2.75 bits per heavy atom. The SMILES string of the molecule is O=C(OCCC1=CC=CCC1)[C@H]1CCCC[C@H]1C(=O)c1cccs1. The summed E-state index contributed by atoms with van der Waals surface area (Å²) in [5.74, 6) is -0.543. The first-order valence-corrected chi connectivity index (χ1v) is 9.72. The molecule has 0 bridgehead atoms.